The number of nitrogens with one attached hydrogen (secondary N) is 1. The molecule has 0 aliphatic rings. The van der Waals surface area contributed by atoms with Crippen molar-refractivity contribution >= 4 is 11.7 Å². The second-order valence-corrected chi connectivity index (χ2v) is 4.18. The van der Waals surface area contributed by atoms with Crippen LogP contribution >= 0.6 is 0 Å². The van der Waals surface area contributed by atoms with Crippen LogP contribution in [0, 0.1) is 0 Å². The maximum atomic E-state index is 12.3. The number of nitrogens with zero attached hydrogens (tertiary/aromatic N) is 2. The van der Waals surface area contributed by atoms with Gasteiger partial charge < -0.3 is 10.2 Å². The minimum Gasteiger partial charge on any atom is -0.367 e. The van der Waals surface area contributed by atoms with Crippen LogP contribution in [0.5, 0.6) is 0 Å². The molecule has 0 aliphatic heterocycles. The van der Waals surface area contributed by atoms with E-state index in [1.54, 1.807) is 17.2 Å². The molecule has 1 aromatic rings. The summed E-state index contributed by atoms with van der Waals surface area (Å²) in [5.74, 6) is 0.700. The quantitative estimate of drug-likeness (QED) is 0.852. The molecule has 0 saturated heterocycles. The third-order valence-corrected chi connectivity index (χ3v) is 2.51. The van der Waals surface area contributed by atoms with Crippen LogP contribution in [-0.2, 0) is 0 Å². The van der Waals surface area contributed by atoms with Crippen LogP contribution in [-0.4, -0.2) is 34.9 Å². The first kappa shape index (κ1) is 13.5. The second kappa shape index (κ2) is 6.23. The maximum absolute atomic E-state index is 12.3. The number of aromatic nitrogens is 1. The summed E-state index contributed by atoms with van der Waals surface area (Å²) >= 11 is 0. The van der Waals surface area contributed by atoms with E-state index in [0.29, 0.717) is 24.5 Å². The van der Waals surface area contributed by atoms with E-state index < -0.39 is 0 Å². The second-order valence-electron chi connectivity index (χ2n) is 4.18. The normalized spacial score (nSPS) is 10.4. The van der Waals surface area contributed by atoms with E-state index in [1.807, 2.05) is 33.8 Å². The van der Waals surface area contributed by atoms with Crippen molar-refractivity contribution in [1.82, 2.24) is 9.88 Å². The summed E-state index contributed by atoms with van der Waals surface area (Å²) in [5.41, 5.74) is 0.643. The standard InChI is InChI=1S/C13H21N3O/c1-5-16(6-2)13(17)11-8-7-9-14-12(11)15-10(3)4/h7-10H,5-6H2,1-4H3,(H,14,15). The van der Waals surface area contributed by atoms with E-state index in [2.05, 4.69) is 10.3 Å². The number of pyridine rings is 1. The Bertz CT molecular complexity index is 373. The topological polar surface area (TPSA) is 45.2 Å². The number of amides is 1. The summed E-state index contributed by atoms with van der Waals surface area (Å²) in [6.07, 6.45) is 1.70. The molecular weight excluding hydrogens is 214 g/mol. The fraction of sp³-hybridized carbons (Fsp3) is 0.538. The molecule has 1 N–H and O–H groups in total. The van der Waals surface area contributed by atoms with E-state index in [0.717, 1.165) is 0 Å². The molecule has 0 saturated carbocycles. The van der Waals surface area contributed by atoms with Crippen LogP contribution in [0.15, 0.2) is 18.3 Å². The lowest BCUT2D eigenvalue weighted by atomic mass is 10.2. The van der Waals surface area contributed by atoms with Crippen LogP contribution in [0.3, 0.4) is 0 Å². The first-order chi connectivity index (χ1) is 8.10. The van der Waals surface area contributed by atoms with Crippen LogP contribution in [0.2, 0.25) is 0 Å². The molecule has 0 fully saturated rings. The molecule has 17 heavy (non-hydrogen) atoms. The summed E-state index contributed by atoms with van der Waals surface area (Å²) in [6.45, 7) is 9.44. The Balaban J connectivity index is 2.99. The van der Waals surface area contributed by atoms with Crippen molar-refractivity contribution in [2.45, 2.75) is 33.7 Å². The number of hydrogen-bond acceptors (Lipinski definition) is 3. The van der Waals surface area contributed by atoms with Crippen molar-refractivity contribution in [3.8, 4) is 0 Å². The first-order valence-electron chi connectivity index (χ1n) is 6.10. The van der Waals surface area contributed by atoms with E-state index >= 15 is 0 Å². The van der Waals surface area contributed by atoms with Gasteiger partial charge in [-0.1, -0.05) is 0 Å². The Labute approximate surface area is 103 Å². The number of rotatable bonds is 5. The van der Waals surface area contributed by atoms with Gasteiger partial charge in [-0.15, -0.1) is 0 Å². The zero-order chi connectivity index (χ0) is 12.8. The first-order valence-corrected chi connectivity index (χ1v) is 6.10. The van der Waals surface area contributed by atoms with E-state index in [9.17, 15) is 4.79 Å². The van der Waals surface area contributed by atoms with Gasteiger partial charge in [-0.05, 0) is 39.8 Å². The van der Waals surface area contributed by atoms with E-state index in [4.69, 9.17) is 0 Å². The molecular formula is C13H21N3O. The Morgan fingerprint density at radius 3 is 2.59 bits per heavy atom. The van der Waals surface area contributed by atoms with Gasteiger partial charge in [0, 0.05) is 25.3 Å². The Hall–Kier alpha value is -1.58. The minimum atomic E-state index is 0.0336. The largest absolute Gasteiger partial charge is 0.367 e. The molecule has 1 amide bonds. The molecule has 0 spiro atoms. The number of carbonyl (C=O) groups is 1. The molecule has 4 heteroatoms. The summed E-state index contributed by atoms with van der Waals surface area (Å²) in [7, 11) is 0. The predicted molar refractivity (Wildman–Crippen MR) is 70.2 cm³/mol. The number of anilines is 1. The van der Waals surface area contributed by atoms with Crippen LogP contribution in [0.25, 0.3) is 0 Å². The van der Waals surface area contributed by atoms with Gasteiger partial charge >= 0.3 is 0 Å². The SMILES string of the molecule is CCN(CC)C(=O)c1cccnc1NC(C)C. The lowest BCUT2D eigenvalue weighted by Gasteiger charge is -2.20. The molecule has 0 aliphatic carbocycles. The number of carbonyl (C=O) groups excluding carboxylic acids is 1. The highest BCUT2D eigenvalue weighted by Gasteiger charge is 2.17. The molecule has 1 aromatic heterocycles. The molecule has 1 heterocycles. The van der Waals surface area contributed by atoms with Crippen LogP contribution < -0.4 is 5.32 Å². The van der Waals surface area contributed by atoms with Crippen molar-refractivity contribution in [2.24, 2.45) is 0 Å². The van der Waals surface area contributed by atoms with Crippen molar-refractivity contribution in [3.05, 3.63) is 23.9 Å². The van der Waals surface area contributed by atoms with Crippen molar-refractivity contribution in [2.75, 3.05) is 18.4 Å². The summed E-state index contributed by atoms with van der Waals surface area (Å²) < 4.78 is 0. The minimum absolute atomic E-state index is 0.0336. The molecule has 0 bridgehead atoms. The Morgan fingerprint density at radius 1 is 1.41 bits per heavy atom. The van der Waals surface area contributed by atoms with Crippen molar-refractivity contribution in [3.63, 3.8) is 0 Å². The Kier molecular flexibility index (Phi) is 4.94. The molecule has 1 rings (SSSR count). The average molecular weight is 235 g/mol. The lowest BCUT2D eigenvalue weighted by molar-refractivity contribution is 0.0773. The van der Waals surface area contributed by atoms with Gasteiger partial charge in [-0.2, -0.15) is 0 Å². The number of hydrogen-bond donors (Lipinski definition) is 1. The molecule has 4 nitrogen and oxygen atoms in total. The third kappa shape index (κ3) is 3.44. The highest BCUT2D eigenvalue weighted by atomic mass is 16.2. The molecule has 0 radical (unpaired) electrons. The zero-order valence-corrected chi connectivity index (χ0v) is 11.0. The van der Waals surface area contributed by atoms with Gasteiger partial charge in [0.05, 0.1) is 5.56 Å². The molecule has 0 unspecified atom stereocenters. The summed E-state index contributed by atoms with van der Waals surface area (Å²) in [6, 6.07) is 3.87. The smallest absolute Gasteiger partial charge is 0.257 e. The maximum Gasteiger partial charge on any atom is 0.257 e. The fourth-order valence-corrected chi connectivity index (χ4v) is 1.65. The van der Waals surface area contributed by atoms with Gasteiger partial charge in [0.1, 0.15) is 5.82 Å². The highest BCUT2D eigenvalue weighted by Crippen LogP contribution is 2.15. The molecule has 94 valence electrons. The van der Waals surface area contributed by atoms with Gasteiger partial charge in [0.2, 0.25) is 0 Å². The fourth-order valence-electron chi connectivity index (χ4n) is 1.65. The van der Waals surface area contributed by atoms with Gasteiger partial charge in [-0.3, -0.25) is 4.79 Å². The monoisotopic (exact) mass is 235 g/mol. The highest BCUT2D eigenvalue weighted by molar-refractivity contribution is 5.98. The van der Waals surface area contributed by atoms with Gasteiger partial charge in [-0.25, -0.2) is 4.98 Å². The summed E-state index contributed by atoms with van der Waals surface area (Å²) in [4.78, 5) is 18.3. The average Bonchev–Trinajstić information content (AvgIpc) is 2.30. The van der Waals surface area contributed by atoms with Crippen LogP contribution in [0.4, 0.5) is 5.82 Å². The third-order valence-electron chi connectivity index (χ3n) is 2.51. The van der Waals surface area contributed by atoms with Crippen molar-refractivity contribution in [1.29, 1.82) is 0 Å². The summed E-state index contributed by atoms with van der Waals surface area (Å²) in [5, 5.41) is 3.20. The van der Waals surface area contributed by atoms with Crippen LogP contribution in [0.1, 0.15) is 38.1 Å². The predicted octanol–water partition coefficient (Wildman–Crippen LogP) is 2.38. The van der Waals surface area contributed by atoms with E-state index in [1.165, 1.54) is 0 Å². The van der Waals surface area contributed by atoms with E-state index in [-0.39, 0.29) is 11.9 Å². The van der Waals surface area contributed by atoms with Gasteiger partial charge in [0.25, 0.3) is 5.91 Å². The van der Waals surface area contributed by atoms with Gasteiger partial charge in [0.15, 0.2) is 0 Å². The Morgan fingerprint density at radius 2 is 2.06 bits per heavy atom. The molecule has 0 aromatic carbocycles. The molecule has 0 atom stereocenters. The zero-order valence-electron chi connectivity index (χ0n) is 11.0. The lowest BCUT2D eigenvalue weighted by Crippen LogP contribution is -2.31. The van der Waals surface area contributed by atoms with Crippen molar-refractivity contribution < 1.29 is 4.79 Å².